The summed E-state index contributed by atoms with van der Waals surface area (Å²) in [6.07, 6.45) is 0. The van der Waals surface area contributed by atoms with Gasteiger partial charge in [0.1, 0.15) is 11.3 Å². The van der Waals surface area contributed by atoms with Crippen molar-refractivity contribution in [3.8, 4) is 11.4 Å². The number of nitrogens with one attached hydrogen (secondary N) is 1. The van der Waals surface area contributed by atoms with E-state index in [4.69, 9.17) is 40.5 Å². The van der Waals surface area contributed by atoms with Crippen LogP contribution < -0.4 is 5.73 Å². The zero-order valence-corrected chi connectivity index (χ0v) is 11.8. The molecule has 96 valence electrons. The highest BCUT2D eigenvalue weighted by atomic mass is 35.5. The van der Waals surface area contributed by atoms with Gasteiger partial charge in [0, 0.05) is 16.3 Å². The average Bonchev–Trinajstić information content (AvgIpc) is 2.76. The molecule has 0 aliphatic rings. The summed E-state index contributed by atoms with van der Waals surface area (Å²) in [7, 11) is 0. The molecule has 0 saturated heterocycles. The predicted octanol–water partition coefficient (Wildman–Crippen LogP) is 4.77. The zero-order chi connectivity index (χ0) is 13.6. The quantitative estimate of drug-likeness (QED) is 0.636. The Bertz CT molecular complexity index is 780. The summed E-state index contributed by atoms with van der Waals surface area (Å²) in [6, 6.07) is 8.64. The van der Waals surface area contributed by atoms with Crippen LogP contribution in [0.2, 0.25) is 15.1 Å². The Labute approximate surface area is 124 Å². The number of hydrogen-bond acceptors (Lipinski definition) is 2. The lowest BCUT2D eigenvalue weighted by molar-refractivity contribution is 1.34. The Morgan fingerprint density at radius 3 is 2.58 bits per heavy atom. The van der Waals surface area contributed by atoms with Crippen LogP contribution in [-0.2, 0) is 0 Å². The molecule has 0 aliphatic carbocycles. The second-order valence-corrected chi connectivity index (χ2v) is 5.36. The van der Waals surface area contributed by atoms with Gasteiger partial charge in [-0.3, -0.25) is 0 Å². The molecule has 2 aromatic carbocycles. The number of hydrogen-bond donors (Lipinski definition) is 2. The highest BCUT2D eigenvalue weighted by Crippen LogP contribution is 2.32. The van der Waals surface area contributed by atoms with Crippen molar-refractivity contribution in [2.75, 3.05) is 5.73 Å². The summed E-state index contributed by atoms with van der Waals surface area (Å²) in [5, 5.41) is 1.60. The standard InChI is InChI=1S/C13H8Cl3N3/c14-6-3-10(16)12-11(4-6)18-13(19-12)8-5-7(17)1-2-9(8)15/h1-5H,17H2,(H,18,19). The van der Waals surface area contributed by atoms with E-state index in [1.165, 1.54) is 0 Å². The molecular formula is C13H8Cl3N3. The molecule has 0 fully saturated rings. The van der Waals surface area contributed by atoms with Crippen molar-refractivity contribution in [3.05, 3.63) is 45.4 Å². The van der Waals surface area contributed by atoms with E-state index >= 15 is 0 Å². The molecular weight excluding hydrogens is 305 g/mol. The van der Waals surface area contributed by atoms with Crippen molar-refractivity contribution < 1.29 is 0 Å². The van der Waals surface area contributed by atoms with Crippen LogP contribution in [0.4, 0.5) is 5.69 Å². The number of rotatable bonds is 1. The smallest absolute Gasteiger partial charge is 0.140 e. The van der Waals surface area contributed by atoms with E-state index in [2.05, 4.69) is 9.97 Å². The van der Waals surface area contributed by atoms with E-state index in [-0.39, 0.29) is 0 Å². The van der Waals surface area contributed by atoms with Crippen LogP contribution >= 0.6 is 34.8 Å². The topological polar surface area (TPSA) is 54.7 Å². The fraction of sp³-hybridized carbons (Fsp3) is 0. The van der Waals surface area contributed by atoms with E-state index in [9.17, 15) is 0 Å². The molecule has 3 rings (SSSR count). The number of imidazole rings is 1. The van der Waals surface area contributed by atoms with Crippen molar-refractivity contribution >= 4 is 51.5 Å². The number of fused-ring (bicyclic) bond motifs is 1. The molecule has 0 amide bonds. The maximum atomic E-state index is 6.15. The maximum Gasteiger partial charge on any atom is 0.140 e. The van der Waals surface area contributed by atoms with Gasteiger partial charge in [-0.2, -0.15) is 0 Å². The third-order valence-electron chi connectivity index (χ3n) is 2.75. The first-order chi connectivity index (χ1) is 9.04. The first-order valence-corrected chi connectivity index (χ1v) is 6.58. The Morgan fingerprint density at radius 1 is 1.00 bits per heavy atom. The predicted molar refractivity (Wildman–Crippen MR) is 81.0 cm³/mol. The molecule has 19 heavy (non-hydrogen) atoms. The summed E-state index contributed by atoms with van der Waals surface area (Å²) >= 11 is 18.2. The van der Waals surface area contributed by atoms with E-state index in [0.717, 1.165) is 11.1 Å². The van der Waals surface area contributed by atoms with Crippen LogP contribution in [0.25, 0.3) is 22.4 Å². The number of H-pyrrole nitrogens is 1. The van der Waals surface area contributed by atoms with E-state index in [1.807, 2.05) is 0 Å². The molecule has 3 N–H and O–H groups in total. The van der Waals surface area contributed by atoms with Crippen LogP contribution in [-0.4, -0.2) is 9.97 Å². The van der Waals surface area contributed by atoms with Crippen LogP contribution in [0.3, 0.4) is 0 Å². The SMILES string of the molecule is Nc1ccc(Cl)c(-c2nc3c(Cl)cc(Cl)cc3[nH]2)c1. The van der Waals surface area contributed by atoms with Gasteiger partial charge in [0.05, 0.1) is 15.6 Å². The second-order valence-electron chi connectivity index (χ2n) is 4.11. The monoisotopic (exact) mass is 311 g/mol. The molecule has 1 aromatic heterocycles. The summed E-state index contributed by atoms with van der Waals surface area (Å²) < 4.78 is 0. The molecule has 0 aliphatic heterocycles. The largest absolute Gasteiger partial charge is 0.399 e. The lowest BCUT2D eigenvalue weighted by Gasteiger charge is -2.01. The fourth-order valence-electron chi connectivity index (χ4n) is 1.89. The van der Waals surface area contributed by atoms with Gasteiger partial charge < -0.3 is 10.7 Å². The summed E-state index contributed by atoms with van der Waals surface area (Å²) in [5.41, 5.74) is 8.52. The fourth-order valence-corrected chi connectivity index (χ4v) is 2.64. The Kier molecular flexibility index (Phi) is 3.05. The van der Waals surface area contributed by atoms with E-state index in [0.29, 0.717) is 32.1 Å². The second kappa shape index (κ2) is 4.60. The number of benzene rings is 2. The van der Waals surface area contributed by atoms with Gasteiger partial charge in [0.15, 0.2) is 0 Å². The van der Waals surface area contributed by atoms with Crippen molar-refractivity contribution in [3.63, 3.8) is 0 Å². The van der Waals surface area contributed by atoms with E-state index < -0.39 is 0 Å². The number of halogens is 3. The highest BCUT2D eigenvalue weighted by Gasteiger charge is 2.12. The average molecular weight is 313 g/mol. The van der Waals surface area contributed by atoms with Gasteiger partial charge in [-0.1, -0.05) is 34.8 Å². The molecule has 0 bridgehead atoms. The summed E-state index contributed by atoms with van der Waals surface area (Å²) in [6.45, 7) is 0. The molecule has 0 atom stereocenters. The van der Waals surface area contributed by atoms with Gasteiger partial charge in [-0.05, 0) is 30.3 Å². The number of aromatic amines is 1. The first-order valence-electron chi connectivity index (χ1n) is 5.45. The van der Waals surface area contributed by atoms with E-state index in [1.54, 1.807) is 30.3 Å². The highest BCUT2D eigenvalue weighted by molar-refractivity contribution is 6.38. The van der Waals surface area contributed by atoms with Gasteiger partial charge in [-0.15, -0.1) is 0 Å². The van der Waals surface area contributed by atoms with Gasteiger partial charge in [0.25, 0.3) is 0 Å². The lowest BCUT2D eigenvalue weighted by Crippen LogP contribution is -1.87. The number of aromatic nitrogens is 2. The molecule has 0 spiro atoms. The van der Waals surface area contributed by atoms with Gasteiger partial charge in [-0.25, -0.2) is 4.98 Å². The Morgan fingerprint density at radius 2 is 1.79 bits per heavy atom. The number of anilines is 1. The zero-order valence-electron chi connectivity index (χ0n) is 9.55. The van der Waals surface area contributed by atoms with Crippen LogP contribution in [0.15, 0.2) is 30.3 Å². The molecule has 0 unspecified atom stereocenters. The number of nitrogens with zero attached hydrogens (tertiary/aromatic N) is 1. The third-order valence-corrected chi connectivity index (χ3v) is 3.59. The normalized spacial score (nSPS) is 11.1. The van der Waals surface area contributed by atoms with Gasteiger partial charge in [0.2, 0.25) is 0 Å². The first kappa shape index (κ1) is 12.6. The minimum Gasteiger partial charge on any atom is -0.399 e. The molecule has 1 heterocycles. The Balaban J connectivity index is 2.26. The van der Waals surface area contributed by atoms with Crippen molar-refractivity contribution in [1.29, 1.82) is 0 Å². The minimum absolute atomic E-state index is 0.491. The van der Waals surface area contributed by atoms with Crippen molar-refractivity contribution in [1.82, 2.24) is 9.97 Å². The Hall–Kier alpha value is -1.42. The third kappa shape index (κ3) is 2.25. The molecule has 3 nitrogen and oxygen atoms in total. The van der Waals surface area contributed by atoms with Crippen molar-refractivity contribution in [2.24, 2.45) is 0 Å². The molecule has 6 heteroatoms. The summed E-state index contributed by atoms with van der Waals surface area (Å²) in [4.78, 5) is 7.58. The lowest BCUT2D eigenvalue weighted by atomic mass is 10.2. The molecule has 3 aromatic rings. The van der Waals surface area contributed by atoms with Crippen LogP contribution in [0.1, 0.15) is 0 Å². The number of nitrogen functional groups attached to an aromatic ring is 1. The molecule has 0 saturated carbocycles. The maximum absolute atomic E-state index is 6.15. The van der Waals surface area contributed by atoms with Gasteiger partial charge >= 0.3 is 0 Å². The number of nitrogens with two attached hydrogens (primary N) is 1. The summed E-state index contributed by atoms with van der Waals surface area (Å²) in [5.74, 6) is 0.608. The van der Waals surface area contributed by atoms with Crippen molar-refractivity contribution in [2.45, 2.75) is 0 Å². The van der Waals surface area contributed by atoms with Crippen LogP contribution in [0.5, 0.6) is 0 Å². The minimum atomic E-state index is 0.491. The molecule has 0 radical (unpaired) electrons. The van der Waals surface area contributed by atoms with Crippen LogP contribution in [0, 0.1) is 0 Å².